The van der Waals surface area contributed by atoms with Crippen LogP contribution in [0.3, 0.4) is 0 Å². The van der Waals surface area contributed by atoms with E-state index in [1.165, 1.54) is 18.0 Å². The molecule has 1 fully saturated rings. The molecule has 92 valence electrons. The Morgan fingerprint density at radius 2 is 1.82 bits per heavy atom. The first-order valence-electron chi connectivity index (χ1n) is 5.32. The summed E-state index contributed by atoms with van der Waals surface area (Å²) in [5.74, 6) is 0. The topological polar surface area (TPSA) is 67.7 Å². The third kappa shape index (κ3) is 2.38. The zero-order valence-corrected chi connectivity index (χ0v) is 9.57. The second kappa shape index (κ2) is 4.86. The lowest BCUT2D eigenvalue weighted by atomic mass is 10.3. The number of piperazine rings is 1. The summed E-state index contributed by atoms with van der Waals surface area (Å²) in [6.07, 6.45) is 4.28. The van der Waals surface area contributed by atoms with Crippen LogP contribution in [0.25, 0.3) is 0 Å². The number of carbonyl (C=O) groups excluding carboxylic acids is 2. The molecular formula is C10H14N4O3. The Morgan fingerprint density at radius 1 is 1.18 bits per heavy atom. The Morgan fingerprint density at radius 3 is 2.35 bits per heavy atom. The molecule has 17 heavy (non-hydrogen) atoms. The molecule has 0 aliphatic carbocycles. The Labute approximate surface area is 98.6 Å². The van der Waals surface area contributed by atoms with Gasteiger partial charge in [-0.2, -0.15) is 0 Å². The largest absolute Gasteiger partial charge is 0.453 e. The van der Waals surface area contributed by atoms with E-state index in [0.717, 1.165) is 0 Å². The van der Waals surface area contributed by atoms with Gasteiger partial charge in [0.15, 0.2) is 0 Å². The molecule has 1 aromatic heterocycles. The zero-order valence-electron chi connectivity index (χ0n) is 9.57. The molecule has 7 nitrogen and oxygen atoms in total. The molecule has 0 aromatic carbocycles. The lowest BCUT2D eigenvalue weighted by Gasteiger charge is -2.33. The molecule has 1 aliphatic heterocycles. The fraction of sp³-hybridized carbons (Fsp3) is 0.500. The summed E-state index contributed by atoms with van der Waals surface area (Å²) in [4.78, 5) is 30.3. The highest BCUT2D eigenvalue weighted by Gasteiger charge is 2.24. The number of hydrogen-bond acceptors (Lipinski definition) is 4. The Hall–Kier alpha value is -2.05. The van der Waals surface area contributed by atoms with E-state index in [1.54, 1.807) is 22.2 Å². The number of amides is 2. The summed E-state index contributed by atoms with van der Waals surface area (Å²) in [7, 11) is 1.35. The third-order valence-electron chi connectivity index (χ3n) is 2.71. The highest BCUT2D eigenvalue weighted by molar-refractivity contribution is 5.77. The predicted molar refractivity (Wildman–Crippen MR) is 58.6 cm³/mol. The van der Waals surface area contributed by atoms with E-state index in [2.05, 4.69) is 9.72 Å². The van der Waals surface area contributed by atoms with Crippen molar-refractivity contribution in [3.8, 4) is 0 Å². The molecule has 0 radical (unpaired) electrons. The van der Waals surface area contributed by atoms with Gasteiger partial charge in [0, 0.05) is 38.6 Å². The molecule has 0 bridgehead atoms. The van der Waals surface area contributed by atoms with E-state index in [9.17, 15) is 9.59 Å². The van der Waals surface area contributed by atoms with Crippen molar-refractivity contribution in [2.75, 3.05) is 33.3 Å². The molecule has 1 aromatic rings. The van der Waals surface area contributed by atoms with Gasteiger partial charge in [0.25, 0.3) is 0 Å². The maximum Gasteiger partial charge on any atom is 0.409 e. The van der Waals surface area contributed by atoms with Crippen molar-refractivity contribution >= 4 is 12.1 Å². The highest BCUT2D eigenvalue weighted by Crippen LogP contribution is 2.05. The van der Waals surface area contributed by atoms with Crippen LogP contribution in [0.1, 0.15) is 0 Å². The Bertz CT molecular complexity index is 396. The zero-order chi connectivity index (χ0) is 12.3. The fourth-order valence-electron chi connectivity index (χ4n) is 1.74. The monoisotopic (exact) mass is 238 g/mol. The summed E-state index contributed by atoms with van der Waals surface area (Å²) in [6, 6.07) is -0.119. The molecular weight excluding hydrogens is 224 g/mol. The van der Waals surface area contributed by atoms with E-state index in [-0.39, 0.29) is 12.1 Å². The predicted octanol–water partition coefficient (Wildman–Crippen LogP) is 0.235. The van der Waals surface area contributed by atoms with Crippen LogP contribution in [-0.4, -0.2) is 64.8 Å². The number of nitrogens with zero attached hydrogens (tertiary/aromatic N) is 4. The molecule has 0 unspecified atom stereocenters. The lowest BCUT2D eigenvalue weighted by Crippen LogP contribution is -2.51. The van der Waals surface area contributed by atoms with E-state index in [4.69, 9.17) is 0 Å². The average Bonchev–Trinajstić information content (AvgIpc) is 2.91. The second-order valence-corrected chi connectivity index (χ2v) is 3.70. The van der Waals surface area contributed by atoms with Crippen molar-refractivity contribution in [1.82, 2.24) is 19.4 Å². The van der Waals surface area contributed by atoms with Crippen LogP contribution >= 0.6 is 0 Å². The number of aromatic nitrogens is 2. The third-order valence-corrected chi connectivity index (χ3v) is 2.71. The maximum atomic E-state index is 11.9. The highest BCUT2D eigenvalue weighted by atomic mass is 16.5. The van der Waals surface area contributed by atoms with Crippen LogP contribution < -0.4 is 0 Å². The standard InChI is InChI=1S/C10H14N4O3/c1-17-10(16)13-6-4-12(5-7-13)9(15)14-3-2-11-8-14/h2-3,8H,4-7H2,1H3. The normalized spacial score (nSPS) is 15.8. The van der Waals surface area contributed by atoms with Crippen LogP contribution in [0.5, 0.6) is 0 Å². The van der Waals surface area contributed by atoms with Gasteiger partial charge in [-0.15, -0.1) is 0 Å². The summed E-state index contributed by atoms with van der Waals surface area (Å²) in [5.41, 5.74) is 0. The van der Waals surface area contributed by atoms with Crippen molar-refractivity contribution in [2.45, 2.75) is 0 Å². The molecule has 2 amide bonds. The molecule has 1 saturated heterocycles. The summed E-state index contributed by atoms with van der Waals surface area (Å²) >= 11 is 0. The molecule has 0 saturated carbocycles. The molecule has 0 spiro atoms. The minimum Gasteiger partial charge on any atom is -0.453 e. The van der Waals surface area contributed by atoms with Crippen LogP contribution in [0.4, 0.5) is 9.59 Å². The van der Waals surface area contributed by atoms with Gasteiger partial charge in [-0.25, -0.2) is 14.6 Å². The number of imidazole rings is 1. The Balaban J connectivity index is 1.91. The van der Waals surface area contributed by atoms with Crippen LogP contribution in [0, 0.1) is 0 Å². The van der Waals surface area contributed by atoms with Gasteiger partial charge < -0.3 is 14.5 Å². The molecule has 7 heteroatoms. The van der Waals surface area contributed by atoms with Crippen molar-refractivity contribution in [3.05, 3.63) is 18.7 Å². The number of methoxy groups -OCH3 is 1. The van der Waals surface area contributed by atoms with Crippen LogP contribution in [0.15, 0.2) is 18.7 Å². The number of rotatable bonds is 0. The molecule has 0 atom stereocenters. The molecule has 2 heterocycles. The van der Waals surface area contributed by atoms with Gasteiger partial charge in [-0.3, -0.25) is 4.57 Å². The van der Waals surface area contributed by atoms with E-state index < -0.39 is 0 Å². The SMILES string of the molecule is COC(=O)N1CCN(C(=O)n2ccnc2)CC1. The maximum absolute atomic E-state index is 11.9. The Kier molecular flexibility index (Phi) is 3.27. The summed E-state index contributed by atoms with van der Waals surface area (Å²) < 4.78 is 6.05. The first-order valence-corrected chi connectivity index (χ1v) is 5.32. The van der Waals surface area contributed by atoms with Crippen LogP contribution in [-0.2, 0) is 4.74 Å². The van der Waals surface area contributed by atoms with Crippen molar-refractivity contribution < 1.29 is 14.3 Å². The van der Waals surface area contributed by atoms with Crippen molar-refractivity contribution in [3.63, 3.8) is 0 Å². The smallest absolute Gasteiger partial charge is 0.409 e. The number of ether oxygens (including phenoxy) is 1. The van der Waals surface area contributed by atoms with Crippen molar-refractivity contribution in [1.29, 1.82) is 0 Å². The summed E-state index contributed by atoms with van der Waals surface area (Å²) in [6.45, 7) is 2.00. The molecule has 1 aliphatic rings. The van der Waals surface area contributed by atoms with Crippen molar-refractivity contribution in [2.24, 2.45) is 0 Å². The van der Waals surface area contributed by atoms with Gasteiger partial charge in [-0.1, -0.05) is 0 Å². The van der Waals surface area contributed by atoms with Gasteiger partial charge >= 0.3 is 12.1 Å². The number of carbonyl (C=O) groups is 2. The molecule has 2 rings (SSSR count). The van der Waals surface area contributed by atoms with Gasteiger partial charge in [0.2, 0.25) is 0 Å². The minimum atomic E-state index is -0.347. The van der Waals surface area contributed by atoms with Gasteiger partial charge in [0.05, 0.1) is 7.11 Å². The van der Waals surface area contributed by atoms with Gasteiger partial charge in [0.1, 0.15) is 6.33 Å². The minimum absolute atomic E-state index is 0.119. The molecule has 0 N–H and O–H groups in total. The van der Waals surface area contributed by atoms with Crippen LogP contribution in [0.2, 0.25) is 0 Å². The van der Waals surface area contributed by atoms with Gasteiger partial charge in [-0.05, 0) is 0 Å². The van der Waals surface area contributed by atoms with E-state index in [0.29, 0.717) is 26.2 Å². The first-order chi connectivity index (χ1) is 8.22. The second-order valence-electron chi connectivity index (χ2n) is 3.70. The quantitative estimate of drug-likeness (QED) is 0.649. The fourth-order valence-corrected chi connectivity index (χ4v) is 1.74. The number of hydrogen-bond donors (Lipinski definition) is 0. The lowest BCUT2D eigenvalue weighted by molar-refractivity contribution is 0.0973. The van der Waals surface area contributed by atoms with E-state index >= 15 is 0 Å². The first kappa shape index (κ1) is 11.4. The summed E-state index contributed by atoms with van der Waals surface area (Å²) in [5, 5.41) is 0. The average molecular weight is 238 g/mol. The van der Waals surface area contributed by atoms with E-state index in [1.807, 2.05) is 0 Å².